The molecule has 132 valence electrons. The Morgan fingerprint density at radius 2 is 1.72 bits per heavy atom. The van der Waals surface area contributed by atoms with Gasteiger partial charge in [0.1, 0.15) is 6.04 Å². The second kappa shape index (κ2) is 9.84. The molecule has 1 amide bonds. The van der Waals surface area contributed by atoms with Gasteiger partial charge in [0.15, 0.2) is 0 Å². The molecular formula is C20H22ClNO3. The number of benzene rings is 2. The van der Waals surface area contributed by atoms with E-state index in [2.05, 4.69) is 5.32 Å². The summed E-state index contributed by atoms with van der Waals surface area (Å²) >= 11 is 5.86. The van der Waals surface area contributed by atoms with Gasteiger partial charge in [0, 0.05) is 17.9 Å². The number of hydrogen-bond acceptors (Lipinski definition) is 3. The Morgan fingerprint density at radius 3 is 2.36 bits per heavy atom. The Kier molecular flexibility index (Phi) is 7.48. The van der Waals surface area contributed by atoms with Gasteiger partial charge < -0.3 is 10.1 Å². The van der Waals surface area contributed by atoms with Crippen molar-refractivity contribution >= 4 is 23.5 Å². The molecule has 0 aliphatic rings. The Bertz CT molecular complexity index is 686. The van der Waals surface area contributed by atoms with Crippen molar-refractivity contribution in [1.29, 1.82) is 0 Å². The highest BCUT2D eigenvalue weighted by atomic mass is 35.5. The summed E-state index contributed by atoms with van der Waals surface area (Å²) in [5, 5.41) is 3.47. The molecule has 1 unspecified atom stereocenters. The minimum Gasteiger partial charge on any atom is -0.467 e. The van der Waals surface area contributed by atoms with E-state index in [1.807, 2.05) is 54.6 Å². The Labute approximate surface area is 153 Å². The number of nitrogens with one attached hydrogen (secondary N) is 1. The molecule has 0 aliphatic carbocycles. The summed E-state index contributed by atoms with van der Waals surface area (Å²) < 4.78 is 4.80. The number of rotatable bonds is 8. The fourth-order valence-corrected chi connectivity index (χ4v) is 2.68. The summed E-state index contributed by atoms with van der Waals surface area (Å²) in [5.41, 5.74) is 2.10. The molecule has 2 rings (SSSR count). The van der Waals surface area contributed by atoms with Crippen LogP contribution in [-0.4, -0.2) is 25.0 Å². The first-order valence-corrected chi connectivity index (χ1v) is 8.62. The largest absolute Gasteiger partial charge is 0.467 e. The van der Waals surface area contributed by atoms with Gasteiger partial charge in [-0.15, -0.1) is 0 Å². The molecule has 0 heterocycles. The number of methoxy groups -OCH3 is 1. The number of amides is 1. The van der Waals surface area contributed by atoms with E-state index in [0.717, 1.165) is 17.5 Å². The van der Waals surface area contributed by atoms with Gasteiger partial charge in [-0.05, 0) is 36.1 Å². The lowest BCUT2D eigenvalue weighted by Crippen LogP contribution is -2.43. The molecule has 1 N–H and O–H groups in total. The highest BCUT2D eigenvalue weighted by Gasteiger charge is 2.21. The van der Waals surface area contributed by atoms with Crippen LogP contribution in [0.25, 0.3) is 0 Å². The molecule has 0 saturated carbocycles. The molecule has 25 heavy (non-hydrogen) atoms. The standard InChI is InChI=1S/C20H22ClNO3/c1-25-20(24)18(14-16-6-3-2-4-7-16)22-19(23)9-5-8-15-10-12-17(21)13-11-15/h2-4,6-7,10-13,18H,5,8-9,14H2,1H3,(H,22,23). The van der Waals surface area contributed by atoms with Gasteiger partial charge in [0.2, 0.25) is 5.91 Å². The van der Waals surface area contributed by atoms with Crippen molar-refractivity contribution in [3.8, 4) is 0 Å². The van der Waals surface area contributed by atoms with E-state index in [1.54, 1.807) is 0 Å². The summed E-state index contributed by atoms with van der Waals surface area (Å²) in [6, 6.07) is 16.5. The molecule has 0 aliphatic heterocycles. The van der Waals surface area contributed by atoms with Crippen molar-refractivity contribution in [3.05, 3.63) is 70.7 Å². The van der Waals surface area contributed by atoms with Crippen LogP contribution in [0.15, 0.2) is 54.6 Å². The average molecular weight is 360 g/mol. The van der Waals surface area contributed by atoms with Gasteiger partial charge in [-0.3, -0.25) is 4.79 Å². The fourth-order valence-electron chi connectivity index (χ4n) is 2.56. The van der Waals surface area contributed by atoms with Gasteiger partial charge in [0.25, 0.3) is 0 Å². The summed E-state index contributed by atoms with van der Waals surface area (Å²) in [4.78, 5) is 24.1. The summed E-state index contributed by atoms with van der Waals surface area (Å²) in [6.07, 6.45) is 2.25. The van der Waals surface area contributed by atoms with E-state index in [-0.39, 0.29) is 5.91 Å². The van der Waals surface area contributed by atoms with Crippen LogP contribution >= 0.6 is 11.6 Å². The molecule has 0 radical (unpaired) electrons. The zero-order chi connectivity index (χ0) is 18.1. The molecule has 2 aromatic rings. The maximum atomic E-state index is 12.2. The van der Waals surface area contributed by atoms with Crippen molar-refractivity contribution in [2.45, 2.75) is 31.7 Å². The van der Waals surface area contributed by atoms with Crippen LogP contribution in [0.4, 0.5) is 0 Å². The number of ether oxygens (including phenoxy) is 1. The SMILES string of the molecule is COC(=O)C(Cc1ccccc1)NC(=O)CCCc1ccc(Cl)cc1. The van der Waals surface area contributed by atoms with E-state index in [4.69, 9.17) is 16.3 Å². The number of halogens is 1. The van der Waals surface area contributed by atoms with Crippen LogP contribution in [0.5, 0.6) is 0 Å². The van der Waals surface area contributed by atoms with Crippen molar-refractivity contribution in [1.82, 2.24) is 5.32 Å². The van der Waals surface area contributed by atoms with Gasteiger partial charge >= 0.3 is 5.97 Å². The maximum absolute atomic E-state index is 12.2. The first-order valence-electron chi connectivity index (χ1n) is 8.24. The number of carbonyl (C=O) groups excluding carboxylic acids is 2. The summed E-state index contributed by atoms with van der Waals surface area (Å²) in [5.74, 6) is -0.588. The lowest BCUT2D eigenvalue weighted by Gasteiger charge is -2.16. The van der Waals surface area contributed by atoms with Crippen molar-refractivity contribution < 1.29 is 14.3 Å². The van der Waals surface area contributed by atoms with Gasteiger partial charge in [-0.1, -0.05) is 54.1 Å². The van der Waals surface area contributed by atoms with E-state index in [0.29, 0.717) is 24.3 Å². The Morgan fingerprint density at radius 1 is 1.04 bits per heavy atom. The lowest BCUT2D eigenvalue weighted by atomic mass is 10.0. The molecule has 0 fully saturated rings. The maximum Gasteiger partial charge on any atom is 0.328 e. The fraction of sp³-hybridized carbons (Fsp3) is 0.300. The third-order valence-electron chi connectivity index (χ3n) is 3.89. The van der Waals surface area contributed by atoms with Crippen LogP contribution in [0.3, 0.4) is 0 Å². The quantitative estimate of drug-likeness (QED) is 0.733. The summed E-state index contributed by atoms with van der Waals surface area (Å²) in [6.45, 7) is 0. The second-order valence-corrected chi connectivity index (χ2v) is 6.25. The third-order valence-corrected chi connectivity index (χ3v) is 4.14. The monoisotopic (exact) mass is 359 g/mol. The van der Waals surface area contributed by atoms with Crippen molar-refractivity contribution in [2.24, 2.45) is 0 Å². The molecule has 0 saturated heterocycles. The normalized spacial score (nSPS) is 11.6. The van der Waals surface area contributed by atoms with Crippen LogP contribution in [0, 0.1) is 0 Å². The molecule has 2 aromatic carbocycles. The zero-order valence-corrected chi connectivity index (χ0v) is 15.0. The van der Waals surface area contributed by atoms with Gasteiger partial charge in [-0.2, -0.15) is 0 Å². The topological polar surface area (TPSA) is 55.4 Å². The van der Waals surface area contributed by atoms with E-state index in [1.165, 1.54) is 7.11 Å². The number of esters is 1. The van der Waals surface area contributed by atoms with Crippen LogP contribution < -0.4 is 5.32 Å². The predicted octanol–water partition coefficient (Wildman–Crippen LogP) is 3.56. The highest BCUT2D eigenvalue weighted by Crippen LogP contribution is 2.12. The van der Waals surface area contributed by atoms with Gasteiger partial charge in [0.05, 0.1) is 7.11 Å². The molecular weight excluding hydrogens is 338 g/mol. The van der Waals surface area contributed by atoms with E-state index in [9.17, 15) is 9.59 Å². The molecule has 0 bridgehead atoms. The zero-order valence-electron chi connectivity index (χ0n) is 14.2. The predicted molar refractivity (Wildman–Crippen MR) is 98.5 cm³/mol. The summed E-state index contributed by atoms with van der Waals surface area (Å²) in [7, 11) is 1.33. The number of carbonyl (C=O) groups is 2. The minimum atomic E-state index is -0.671. The van der Waals surface area contributed by atoms with Crippen LogP contribution in [0.1, 0.15) is 24.0 Å². The molecule has 0 spiro atoms. The smallest absolute Gasteiger partial charge is 0.328 e. The highest BCUT2D eigenvalue weighted by molar-refractivity contribution is 6.30. The van der Waals surface area contributed by atoms with Gasteiger partial charge in [-0.25, -0.2) is 4.79 Å². The molecule has 4 nitrogen and oxygen atoms in total. The average Bonchev–Trinajstić information content (AvgIpc) is 2.63. The Hall–Kier alpha value is -2.33. The molecule has 1 atom stereocenters. The molecule has 0 aromatic heterocycles. The van der Waals surface area contributed by atoms with Crippen LogP contribution in [0.2, 0.25) is 5.02 Å². The van der Waals surface area contributed by atoms with Crippen molar-refractivity contribution in [2.75, 3.05) is 7.11 Å². The Balaban J connectivity index is 1.84. The number of hydrogen-bond donors (Lipinski definition) is 1. The number of aryl methyl sites for hydroxylation is 1. The lowest BCUT2D eigenvalue weighted by molar-refractivity contribution is -0.145. The second-order valence-electron chi connectivity index (χ2n) is 5.81. The van der Waals surface area contributed by atoms with Crippen LogP contribution in [-0.2, 0) is 27.2 Å². The van der Waals surface area contributed by atoms with Crippen molar-refractivity contribution in [3.63, 3.8) is 0 Å². The first kappa shape index (κ1) is 19.0. The van der Waals surface area contributed by atoms with E-state index >= 15 is 0 Å². The molecule has 5 heteroatoms. The first-order chi connectivity index (χ1) is 12.1. The minimum absolute atomic E-state index is 0.153. The third kappa shape index (κ3) is 6.59. The van der Waals surface area contributed by atoms with E-state index < -0.39 is 12.0 Å².